The van der Waals surface area contributed by atoms with E-state index in [2.05, 4.69) is 15.9 Å². The van der Waals surface area contributed by atoms with Crippen LogP contribution in [0.1, 0.15) is 19.4 Å². The monoisotopic (exact) mass is 504 g/mol. The molecule has 150 valence electrons. The van der Waals surface area contributed by atoms with E-state index in [1.165, 1.54) is 18.2 Å². The van der Waals surface area contributed by atoms with Gasteiger partial charge in [-0.3, -0.25) is 4.79 Å². The fraction of sp³-hybridized carbons (Fsp3) is 0.316. The summed E-state index contributed by atoms with van der Waals surface area (Å²) in [7, 11) is -3.97. The molecule has 1 amide bonds. The number of amides is 1. The quantitative estimate of drug-likeness (QED) is 0.589. The van der Waals surface area contributed by atoms with Gasteiger partial charge in [-0.2, -0.15) is 4.31 Å². The number of carbonyl (C=O) groups is 1. The van der Waals surface area contributed by atoms with E-state index < -0.39 is 10.0 Å². The molecular formula is C19H19BrCl2N2O3S. The van der Waals surface area contributed by atoms with Crippen LogP contribution in [0.4, 0.5) is 5.69 Å². The summed E-state index contributed by atoms with van der Waals surface area (Å²) in [4.78, 5) is 14.6. The van der Waals surface area contributed by atoms with Crippen LogP contribution in [0, 0.1) is 0 Å². The lowest BCUT2D eigenvalue weighted by Crippen LogP contribution is -2.45. The van der Waals surface area contributed by atoms with Crippen LogP contribution >= 0.6 is 39.1 Å². The van der Waals surface area contributed by atoms with Gasteiger partial charge in [0.15, 0.2) is 0 Å². The molecule has 1 aliphatic heterocycles. The smallest absolute Gasteiger partial charge is 0.245 e. The van der Waals surface area contributed by atoms with Crippen molar-refractivity contribution in [3.05, 3.63) is 56.5 Å². The maximum Gasteiger partial charge on any atom is 0.245 e. The first-order chi connectivity index (χ1) is 13.1. The number of likely N-dealkylation sites (N-methyl/N-ethyl adjacent to an activating group) is 1. The number of halogens is 3. The first-order valence-corrected chi connectivity index (χ1v) is 11.7. The summed E-state index contributed by atoms with van der Waals surface area (Å²) in [5.41, 5.74) is 1.87. The molecule has 1 aliphatic rings. The molecule has 9 heteroatoms. The number of carbonyl (C=O) groups excluding carboxylic acids is 1. The van der Waals surface area contributed by atoms with Crippen molar-refractivity contribution in [3.63, 3.8) is 0 Å². The van der Waals surface area contributed by atoms with E-state index in [9.17, 15) is 13.2 Å². The van der Waals surface area contributed by atoms with Gasteiger partial charge in [0.25, 0.3) is 0 Å². The van der Waals surface area contributed by atoms with Gasteiger partial charge in [-0.1, -0.05) is 46.1 Å². The number of benzene rings is 2. The Hall–Kier alpha value is -1.12. The largest absolute Gasteiger partial charge is 0.308 e. The normalized spacial score (nSPS) is 16.5. The fourth-order valence-corrected chi connectivity index (χ4v) is 5.93. The molecule has 0 aliphatic carbocycles. The highest BCUT2D eigenvalue weighted by molar-refractivity contribution is 9.10. The first kappa shape index (κ1) is 21.6. The van der Waals surface area contributed by atoms with Gasteiger partial charge in [0.05, 0.1) is 11.6 Å². The van der Waals surface area contributed by atoms with Crippen molar-refractivity contribution >= 4 is 60.7 Å². The SMILES string of the molecule is CCN(CC(=O)N1c2ccc(Br)cc2C[C@H]1C)S(=O)(=O)c1cc(Cl)ccc1Cl. The third kappa shape index (κ3) is 4.09. The maximum absolute atomic E-state index is 13.1. The van der Waals surface area contributed by atoms with Crippen LogP contribution in [0.3, 0.4) is 0 Å². The molecule has 0 bridgehead atoms. The van der Waals surface area contributed by atoms with Crippen LogP contribution in [-0.2, 0) is 21.2 Å². The molecule has 0 spiro atoms. The summed E-state index contributed by atoms with van der Waals surface area (Å²) >= 11 is 15.5. The molecule has 28 heavy (non-hydrogen) atoms. The van der Waals surface area contributed by atoms with Gasteiger partial charge in [0, 0.05) is 27.8 Å². The molecule has 1 atom stereocenters. The van der Waals surface area contributed by atoms with Gasteiger partial charge in [0.1, 0.15) is 4.90 Å². The molecule has 1 heterocycles. The minimum atomic E-state index is -3.97. The number of sulfonamides is 1. The third-order valence-corrected chi connectivity index (χ3v) is 7.83. The van der Waals surface area contributed by atoms with Crippen molar-refractivity contribution in [2.24, 2.45) is 0 Å². The Bertz CT molecular complexity index is 1030. The van der Waals surface area contributed by atoms with E-state index in [0.717, 1.165) is 26.4 Å². The second kappa shape index (κ2) is 8.32. The average molecular weight is 506 g/mol. The fourth-order valence-electron chi connectivity index (χ4n) is 3.39. The Kier molecular flexibility index (Phi) is 6.41. The van der Waals surface area contributed by atoms with Gasteiger partial charge in [-0.15, -0.1) is 0 Å². The molecule has 0 radical (unpaired) electrons. The van der Waals surface area contributed by atoms with E-state index in [0.29, 0.717) is 0 Å². The number of rotatable bonds is 5. The van der Waals surface area contributed by atoms with Crippen molar-refractivity contribution in [2.45, 2.75) is 31.2 Å². The average Bonchev–Trinajstić information content (AvgIpc) is 2.96. The zero-order chi connectivity index (χ0) is 20.6. The lowest BCUT2D eigenvalue weighted by Gasteiger charge is -2.27. The maximum atomic E-state index is 13.1. The van der Waals surface area contributed by atoms with Crippen molar-refractivity contribution in [1.29, 1.82) is 0 Å². The number of hydrogen-bond acceptors (Lipinski definition) is 3. The summed E-state index contributed by atoms with van der Waals surface area (Å²) in [5, 5.41) is 0.332. The van der Waals surface area contributed by atoms with E-state index in [-0.39, 0.29) is 40.0 Å². The van der Waals surface area contributed by atoms with E-state index in [4.69, 9.17) is 23.2 Å². The van der Waals surface area contributed by atoms with Crippen LogP contribution in [0.5, 0.6) is 0 Å². The number of hydrogen-bond donors (Lipinski definition) is 0. The summed E-state index contributed by atoms with van der Waals surface area (Å²) in [5.74, 6) is -0.280. The highest BCUT2D eigenvalue weighted by Crippen LogP contribution is 2.35. The van der Waals surface area contributed by atoms with E-state index >= 15 is 0 Å². The second-order valence-electron chi connectivity index (χ2n) is 6.60. The zero-order valence-corrected chi connectivity index (χ0v) is 19.2. The van der Waals surface area contributed by atoms with E-state index in [1.54, 1.807) is 11.8 Å². The Labute approximate surface area is 183 Å². The minimum Gasteiger partial charge on any atom is -0.308 e. The van der Waals surface area contributed by atoms with Crippen molar-refractivity contribution in [1.82, 2.24) is 4.31 Å². The Morgan fingerprint density at radius 1 is 1.25 bits per heavy atom. The van der Waals surface area contributed by atoms with Crippen LogP contribution in [0.25, 0.3) is 0 Å². The summed E-state index contributed by atoms with van der Waals surface area (Å²) < 4.78 is 28.2. The molecule has 2 aromatic rings. The molecule has 0 unspecified atom stereocenters. The Morgan fingerprint density at radius 3 is 2.64 bits per heavy atom. The predicted octanol–water partition coefficient (Wildman–Crippen LogP) is 4.74. The first-order valence-electron chi connectivity index (χ1n) is 8.70. The van der Waals surface area contributed by atoms with E-state index in [1.807, 2.05) is 25.1 Å². The van der Waals surface area contributed by atoms with Gasteiger partial charge >= 0.3 is 0 Å². The summed E-state index contributed by atoms with van der Waals surface area (Å²) in [6, 6.07) is 9.94. The molecular weight excluding hydrogens is 487 g/mol. The van der Waals surface area contributed by atoms with Crippen LogP contribution < -0.4 is 4.90 Å². The number of fused-ring (bicyclic) bond motifs is 1. The standard InChI is InChI=1S/C19H19BrCl2N2O3S/c1-3-23(28(26,27)18-10-15(21)5-6-16(18)22)11-19(25)24-12(2)8-13-9-14(20)4-7-17(13)24/h4-7,9-10,12H,3,8,11H2,1-2H3/t12-/m1/s1. The van der Waals surface area contributed by atoms with Crippen molar-refractivity contribution in [2.75, 3.05) is 18.0 Å². The van der Waals surface area contributed by atoms with Gasteiger partial charge in [-0.05, 0) is 55.3 Å². The van der Waals surface area contributed by atoms with Crippen LogP contribution in [-0.4, -0.2) is 37.8 Å². The topological polar surface area (TPSA) is 57.7 Å². The Morgan fingerprint density at radius 2 is 1.96 bits per heavy atom. The Balaban J connectivity index is 1.89. The molecule has 3 rings (SSSR count). The predicted molar refractivity (Wildman–Crippen MR) is 116 cm³/mol. The number of anilines is 1. The second-order valence-corrected chi connectivity index (χ2v) is 10.3. The third-order valence-electron chi connectivity index (χ3n) is 4.70. The summed E-state index contributed by atoms with van der Waals surface area (Å²) in [6.45, 7) is 3.49. The van der Waals surface area contributed by atoms with Gasteiger partial charge < -0.3 is 4.90 Å². The molecule has 0 N–H and O–H groups in total. The molecule has 0 aromatic heterocycles. The van der Waals surface area contributed by atoms with Crippen LogP contribution in [0.15, 0.2) is 45.8 Å². The van der Waals surface area contributed by atoms with Gasteiger partial charge in [0.2, 0.25) is 15.9 Å². The number of nitrogens with zero attached hydrogens (tertiary/aromatic N) is 2. The zero-order valence-electron chi connectivity index (χ0n) is 15.3. The van der Waals surface area contributed by atoms with Crippen molar-refractivity contribution < 1.29 is 13.2 Å². The van der Waals surface area contributed by atoms with Crippen LogP contribution in [0.2, 0.25) is 10.0 Å². The molecule has 0 saturated heterocycles. The summed E-state index contributed by atoms with van der Waals surface area (Å²) in [6.07, 6.45) is 0.722. The highest BCUT2D eigenvalue weighted by Gasteiger charge is 2.34. The lowest BCUT2D eigenvalue weighted by molar-refractivity contribution is -0.119. The molecule has 5 nitrogen and oxygen atoms in total. The minimum absolute atomic E-state index is 0.0482. The molecule has 0 fully saturated rings. The van der Waals surface area contributed by atoms with Crippen molar-refractivity contribution in [3.8, 4) is 0 Å². The highest BCUT2D eigenvalue weighted by atomic mass is 79.9. The van der Waals surface area contributed by atoms with Gasteiger partial charge in [-0.25, -0.2) is 8.42 Å². The molecule has 0 saturated carbocycles. The molecule has 2 aromatic carbocycles. The lowest BCUT2D eigenvalue weighted by atomic mass is 10.1.